The number of benzene rings is 2. The molecule has 1 fully saturated rings. The van der Waals surface area contributed by atoms with E-state index in [2.05, 4.69) is 30.8 Å². The van der Waals surface area contributed by atoms with Gasteiger partial charge in [-0.25, -0.2) is 9.79 Å². The van der Waals surface area contributed by atoms with Gasteiger partial charge in [-0.1, -0.05) is 27.2 Å². The summed E-state index contributed by atoms with van der Waals surface area (Å²) < 4.78 is 52.1. The van der Waals surface area contributed by atoms with Crippen LogP contribution in [0.2, 0.25) is 0 Å². The predicted molar refractivity (Wildman–Crippen MR) is 152 cm³/mol. The van der Waals surface area contributed by atoms with Crippen LogP contribution in [-0.2, 0) is 4.74 Å². The van der Waals surface area contributed by atoms with Gasteiger partial charge in [0.2, 0.25) is 0 Å². The topological polar surface area (TPSA) is 69.2 Å². The van der Waals surface area contributed by atoms with E-state index in [1.165, 1.54) is 57.7 Å². The van der Waals surface area contributed by atoms with Crippen molar-refractivity contribution in [1.29, 1.82) is 0 Å². The van der Waals surface area contributed by atoms with Crippen LogP contribution in [0.5, 0.6) is 11.5 Å². The van der Waals surface area contributed by atoms with E-state index in [1.54, 1.807) is 12.1 Å². The van der Waals surface area contributed by atoms with Crippen LogP contribution in [-0.4, -0.2) is 32.4 Å². The average Bonchev–Trinajstić information content (AvgIpc) is 2.89. The zero-order valence-corrected chi connectivity index (χ0v) is 24.2. The molecular formula is C31H41F3N2O4. The number of nitrogens with zero attached hydrogens (tertiary/aromatic N) is 1. The highest BCUT2D eigenvalue weighted by atomic mass is 19.4. The largest absolute Gasteiger partial charge is 0.573 e. The van der Waals surface area contributed by atoms with Crippen LogP contribution in [0, 0.1) is 30.6 Å². The third kappa shape index (κ3) is 8.89. The van der Waals surface area contributed by atoms with Gasteiger partial charge in [0.1, 0.15) is 22.9 Å². The molecule has 0 bridgehead atoms. The molecule has 1 aliphatic rings. The number of amidine groups is 1. The van der Waals surface area contributed by atoms with Crippen LogP contribution in [0.4, 0.5) is 24.5 Å². The lowest BCUT2D eigenvalue weighted by atomic mass is 9.68. The molecule has 3 rings (SSSR count). The second kappa shape index (κ2) is 13.9. The number of nitrogens with one attached hydrogen (secondary N) is 1. The van der Waals surface area contributed by atoms with E-state index in [0.717, 1.165) is 24.3 Å². The average molecular weight is 563 g/mol. The highest BCUT2D eigenvalue weighted by Crippen LogP contribution is 2.40. The van der Waals surface area contributed by atoms with Gasteiger partial charge in [0.25, 0.3) is 0 Å². The lowest BCUT2D eigenvalue weighted by Crippen LogP contribution is -2.27. The van der Waals surface area contributed by atoms with E-state index in [9.17, 15) is 18.0 Å². The number of esters is 1. The molecular weight excluding hydrogens is 521 g/mol. The molecule has 0 aromatic heterocycles. The molecule has 2 aromatic carbocycles. The standard InChI is InChI=1S/C31H41F3N2O4/c1-19(2)25-15-10-20(3)16-22(25)8-7-9-29(35-23-11-13-24(14-12-23)40-31(32,33)34)36-27-18-26(30(37)39-6)28(38-5)17-21(27)4/h11-14,17-20,22,25H,7-10,15-16H2,1-6H3,(H,35,36)/t20-,22-,25+/m1/s1. The molecule has 1 N–H and O–H groups in total. The zero-order valence-electron chi connectivity index (χ0n) is 24.2. The SMILES string of the molecule is COC(=O)c1cc(N=C(CCC[C@@H]2C[C@H](C)CC[C@H]2C(C)C)Nc2ccc(OC(F)(F)F)cc2)c(C)cc1OC. The first kappa shape index (κ1) is 31.3. The van der Waals surface area contributed by atoms with E-state index in [4.69, 9.17) is 14.5 Å². The van der Waals surface area contributed by atoms with E-state index in [1.807, 2.05) is 6.92 Å². The van der Waals surface area contributed by atoms with Gasteiger partial charge in [-0.3, -0.25) is 0 Å². The van der Waals surface area contributed by atoms with Gasteiger partial charge in [-0.2, -0.15) is 0 Å². The number of aliphatic imine (C=N–C) groups is 1. The summed E-state index contributed by atoms with van der Waals surface area (Å²) >= 11 is 0. The van der Waals surface area contributed by atoms with Crippen molar-refractivity contribution in [2.24, 2.45) is 28.7 Å². The Balaban J connectivity index is 1.87. The number of carbonyl (C=O) groups is 1. The van der Waals surface area contributed by atoms with Crippen molar-refractivity contribution >= 4 is 23.2 Å². The molecule has 1 saturated carbocycles. The predicted octanol–water partition coefficient (Wildman–Crippen LogP) is 8.71. The summed E-state index contributed by atoms with van der Waals surface area (Å²) in [5, 5.41) is 3.28. The molecule has 9 heteroatoms. The van der Waals surface area contributed by atoms with Gasteiger partial charge in [-0.15, -0.1) is 13.2 Å². The summed E-state index contributed by atoms with van der Waals surface area (Å²) in [7, 11) is 2.79. The highest BCUT2D eigenvalue weighted by molar-refractivity contribution is 5.98. The summed E-state index contributed by atoms with van der Waals surface area (Å²) in [5.74, 6) is 2.94. The molecule has 220 valence electrons. The second-order valence-electron chi connectivity index (χ2n) is 11.1. The van der Waals surface area contributed by atoms with Crippen LogP contribution in [0.3, 0.4) is 0 Å². The maximum Gasteiger partial charge on any atom is 0.573 e. The number of methoxy groups -OCH3 is 2. The highest BCUT2D eigenvalue weighted by Gasteiger charge is 2.31. The number of hydrogen-bond donors (Lipinski definition) is 1. The molecule has 0 heterocycles. The number of carbonyl (C=O) groups excluding carboxylic acids is 1. The van der Waals surface area contributed by atoms with E-state index < -0.39 is 12.3 Å². The Bertz CT molecular complexity index is 1160. The van der Waals surface area contributed by atoms with Gasteiger partial charge >= 0.3 is 12.3 Å². The lowest BCUT2D eigenvalue weighted by Gasteiger charge is -2.37. The zero-order chi connectivity index (χ0) is 29.4. The molecule has 6 nitrogen and oxygen atoms in total. The van der Waals surface area contributed by atoms with Gasteiger partial charge in [0, 0.05) is 12.1 Å². The summed E-state index contributed by atoms with van der Waals surface area (Å²) in [6.45, 7) is 8.81. The third-order valence-electron chi connectivity index (χ3n) is 7.70. The smallest absolute Gasteiger partial charge is 0.496 e. The second-order valence-corrected chi connectivity index (χ2v) is 11.1. The minimum Gasteiger partial charge on any atom is -0.496 e. The molecule has 40 heavy (non-hydrogen) atoms. The Kier molecular flexibility index (Phi) is 10.9. The van der Waals surface area contributed by atoms with Crippen molar-refractivity contribution in [3.63, 3.8) is 0 Å². The number of ether oxygens (including phenoxy) is 3. The van der Waals surface area contributed by atoms with Crippen molar-refractivity contribution in [1.82, 2.24) is 0 Å². The number of halogens is 3. The fourth-order valence-electron chi connectivity index (χ4n) is 5.69. The Morgan fingerprint density at radius 1 is 1.12 bits per heavy atom. The molecule has 0 radical (unpaired) electrons. The fraction of sp³-hybridized carbons (Fsp3) is 0.548. The molecule has 0 spiro atoms. The Morgan fingerprint density at radius 3 is 2.42 bits per heavy atom. The fourth-order valence-corrected chi connectivity index (χ4v) is 5.69. The summed E-state index contributed by atoms with van der Waals surface area (Å²) in [4.78, 5) is 17.2. The number of aryl methyl sites for hydroxylation is 1. The Labute approximate surface area is 235 Å². The molecule has 2 aromatic rings. The van der Waals surface area contributed by atoms with Gasteiger partial charge < -0.3 is 19.5 Å². The van der Waals surface area contributed by atoms with Gasteiger partial charge in [0.15, 0.2) is 0 Å². The monoisotopic (exact) mass is 562 g/mol. The molecule has 0 aliphatic heterocycles. The van der Waals surface area contributed by atoms with E-state index in [-0.39, 0.29) is 11.3 Å². The van der Waals surface area contributed by atoms with Gasteiger partial charge in [-0.05, 0) is 98.2 Å². The molecule has 1 aliphatic carbocycles. The molecule has 3 atom stereocenters. The van der Waals surface area contributed by atoms with Crippen LogP contribution in [0.15, 0.2) is 41.4 Å². The summed E-state index contributed by atoms with van der Waals surface area (Å²) in [6, 6.07) is 8.95. The van der Waals surface area contributed by atoms with E-state index in [0.29, 0.717) is 47.1 Å². The third-order valence-corrected chi connectivity index (χ3v) is 7.70. The molecule has 0 saturated heterocycles. The number of anilines is 1. The molecule has 0 unspecified atom stereocenters. The van der Waals surface area contributed by atoms with Crippen LogP contribution in [0.25, 0.3) is 0 Å². The minimum atomic E-state index is -4.75. The number of alkyl halides is 3. The summed E-state index contributed by atoms with van der Waals surface area (Å²) in [5.41, 5.74) is 2.23. The maximum absolute atomic E-state index is 12.6. The number of hydrogen-bond acceptors (Lipinski definition) is 5. The van der Waals surface area contributed by atoms with Crippen molar-refractivity contribution < 1.29 is 32.2 Å². The first-order chi connectivity index (χ1) is 18.9. The molecule has 0 amide bonds. The van der Waals surface area contributed by atoms with Gasteiger partial charge in [0.05, 0.1) is 19.9 Å². The lowest BCUT2D eigenvalue weighted by molar-refractivity contribution is -0.274. The van der Waals surface area contributed by atoms with Crippen LogP contribution >= 0.6 is 0 Å². The maximum atomic E-state index is 12.6. The summed E-state index contributed by atoms with van der Waals surface area (Å²) in [6.07, 6.45) is 1.62. The Morgan fingerprint density at radius 2 is 1.82 bits per heavy atom. The van der Waals surface area contributed by atoms with Crippen molar-refractivity contribution in [3.8, 4) is 11.5 Å². The first-order valence-corrected chi connectivity index (χ1v) is 13.9. The van der Waals surface area contributed by atoms with Crippen LogP contribution < -0.4 is 14.8 Å². The van der Waals surface area contributed by atoms with E-state index >= 15 is 0 Å². The quantitative estimate of drug-likeness (QED) is 0.178. The minimum absolute atomic E-state index is 0.262. The van der Waals surface area contributed by atoms with Crippen molar-refractivity contribution in [2.45, 2.75) is 72.6 Å². The normalized spacial score (nSPS) is 19.9. The first-order valence-electron chi connectivity index (χ1n) is 13.9. The van der Waals surface area contributed by atoms with Crippen molar-refractivity contribution in [2.75, 3.05) is 19.5 Å². The van der Waals surface area contributed by atoms with Crippen molar-refractivity contribution in [3.05, 3.63) is 47.5 Å². The van der Waals surface area contributed by atoms with Crippen LogP contribution in [0.1, 0.15) is 75.2 Å². The Hall–Kier alpha value is -3.23. The number of rotatable bonds is 10.